The molecule has 0 spiro atoms. The number of hydrogen-bond donors (Lipinski definition) is 1. The lowest BCUT2D eigenvalue weighted by Crippen LogP contribution is -2.30. The molecular formula is C13H20N4O. The van der Waals surface area contributed by atoms with Gasteiger partial charge in [0.25, 0.3) is 0 Å². The summed E-state index contributed by atoms with van der Waals surface area (Å²) in [6.45, 7) is 5.33. The largest absolute Gasteiger partial charge is 0.384 e. The number of amides is 1. The molecule has 2 heterocycles. The molecule has 18 heavy (non-hydrogen) atoms. The van der Waals surface area contributed by atoms with Crippen molar-refractivity contribution in [1.29, 1.82) is 0 Å². The van der Waals surface area contributed by atoms with Crippen molar-refractivity contribution in [1.82, 2.24) is 14.9 Å². The molecule has 0 aromatic carbocycles. The third kappa shape index (κ3) is 3.18. The van der Waals surface area contributed by atoms with E-state index < -0.39 is 0 Å². The Balaban J connectivity index is 2.09. The zero-order valence-corrected chi connectivity index (χ0v) is 11.0. The molecule has 1 aromatic rings. The van der Waals surface area contributed by atoms with Crippen LogP contribution in [0.3, 0.4) is 0 Å². The molecule has 5 heteroatoms. The summed E-state index contributed by atoms with van der Waals surface area (Å²) in [5, 5.41) is 0. The van der Waals surface area contributed by atoms with Crippen molar-refractivity contribution in [2.75, 3.05) is 12.3 Å². The molecule has 1 amide bonds. The van der Waals surface area contributed by atoms with E-state index in [9.17, 15) is 4.79 Å². The standard InChI is InChI=1S/C13H20N4O/c1-9-3-4-13(18)17(6-5-9)8-12-15-10(2)7-11(14)16-12/h7,9H,3-6,8H2,1-2H3,(H2,14,15,16). The van der Waals surface area contributed by atoms with E-state index >= 15 is 0 Å². The molecule has 0 saturated carbocycles. The molecule has 5 nitrogen and oxygen atoms in total. The number of hydrogen-bond acceptors (Lipinski definition) is 4. The SMILES string of the molecule is Cc1cc(N)nc(CN2CCC(C)CCC2=O)n1. The first-order chi connectivity index (χ1) is 8.54. The number of anilines is 1. The summed E-state index contributed by atoms with van der Waals surface area (Å²) in [4.78, 5) is 22.3. The Labute approximate surface area is 107 Å². The monoisotopic (exact) mass is 248 g/mol. The maximum absolute atomic E-state index is 12.0. The van der Waals surface area contributed by atoms with E-state index in [-0.39, 0.29) is 5.91 Å². The molecule has 1 aromatic heterocycles. The van der Waals surface area contributed by atoms with Gasteiger partial charge in [-0.3, -0.25) is 4.79 Å². The number of aromatic nitrogens is 2. The van der Waals surface area contributed by atoms with E-state index in [1.807, 2.05) is 11.8 Å². The van der Waals surface area contributed by atoms with Gasteiger partial charge in [-0.2, -0.15) is 0 Å². The van der Waals surface area contributed by atoms with Gasteiger partial charge in [-0.15, -0.1) is 0 Å². The number of nitrogens with zero attached hydrogens (tertiary/aromatic N) is 3. The second kappa shape index (κ2) is 5.33. The lowest BCUT2D eigenvalue weighted by molar-refractivity contribution is -0.131. The molecule has 0 bridgehead atoms. The van der Waals surface area contributed by atoms with Gasteiger partial charge in [0.1, 0.15) is 11.6 Å². The number of nitrogens with two attached hydrogens (primary N) is 1. The normalized spacial score (nSPS) is 20.9. The van der Waals surface area contributed by atoms with Crippen LogP contribution in [-0.4, -0.2) is 27.3 Å². The molecule has 1 aliphatic rings. The molecule has 1 unspecified atom stereocenters. The minimum atomic E-state index is 0.197. The van der Waals surface area contributed by atoms with E-state index in [2.05, 4.69) is 16.9 Å². The number of rotatable bonds is 2. The topological polar surface area (TPSA) is 72.1 Å². The van der Waals surface area contributed by atoms with Gasteiger partial charge in [-0.1, -0.05) is 6.92 Å². The molecule has 1 aliphatic heterocycles. The molecule has 0 aliphatic carbocycles. The molecule has 0 radical (unpaired) electrons. The minimum Gasteiger partial charge on any atom is -0.384 e. The molecule has 98 valence electrons. The van der Waals surface area contributed by atoms with Gasteiger partial charge in [0.2, 0.25) is 5.91 Å². The van der Waals surface area contributed by atoms with Crippen LogP contribution in [-0.2, 0) is 11.3 Å². The molecule has 2 N–H and O–H groups in total. The fourth-order valence-corrected chi connectivity index (χ4v) is 2.24. The third-order valence-electron chi connectivity index (χ3n) is 3.35. The Hall–Kier alpha value is -1.65. The summed E-state index contributed by atoms with van der Waals surface area (Å²) in [5.74, 6) is 1.91. The third-order valence-corrected chi connectivity index (χ3v) is 3.35. The predicted molar refractivity (Wildman–Crippen MR) is 69.6 cm³/mol. The van der Waals surface area contributed by atoms with E-state index in [1.54, 1.807) is 6.07 Å². The van der Waals surface area contributed by atoms with Crippen LogP contribution >= 0.6 is 0 Å². The van der Waals surface area contributed by atoms with Gasteiger partial charge >= 0.3 is 0 Å². The van der Waals surface area contributed by atoms with E-state index in [0.29, 0.717) is 30.5 Å². The van der Waals surface area contributed by atoms with Crippen LogP contribution < -0.4 is 5.73 Å². The fourth-order valence-electron chi connectivity index (χ4n) is 2.24. The van der Waals surface area contributed by atoms with Crippen molar-refractivity contribution >= 4 is 11.7 Å². The molecular weight excluding hydrogens is 228 g/mol. The van der Waals surface area contributed by atoms with Crippen LogP contribution in [0.2, 0.25) is 0 Å². The number of carbonyl (C=O) groups is 1. The first-order valence-electron chi connectivity index (χ1n) is 6.42. The van der Waals surface area contributed by atoms with Crippen LogP contribution in [0.5, 0.6) is 0 Å². The second-order valence-corrected chi connectivity index (χ2v) is 5.10. The Morgan fingerprint density at radius 3 is 2.94 bits per heavy atom. The van der Waals surface area contributed by atoms with Gasteiger partial charge in [0.15, 0.2) is 0 Å². The average molecular weight is 248 g/mol. The molecule has 1 atom stereocenters. The fraction of sp³-hybridized carbons (Fsp3) is 0.615. The van der Waals surface area contributed by atoms with Gasteiger partial charge in [-0.05, 0) is 25.7 Å². The van der Waals surface area contributed by atoms with Gasteiger partial charge in [-0.25, -0.2) is 9.97 Å². The van der Waals surface area contributed by atoms with E-state index in [0.717, 1.165) is 25.1 Å². The lowest BCUT2D eigenvalue weighted by Gasteiger charge is -2.19. The Bertz CT molecular complexity index is 426. The summed E-state index contributed by atoms with van der Waals surface area (Å²) >= 11 is 0. The maximum atomic E-state index is 12.0. The van der Waals surface area contributed by atoms with Crippen LogP contribution in [0, 0.1) is 12.8 Å². The second-order valence-electron chi connectivity index (χ2n) is 5.10. The van der Waals surface area contributed by atoms with Crippen LogP contribution in [0.4, 0.5) is 5.82 Å². The predicted octanol–water partition coefficient (Wildman–Crippen LogP) is 1.52. The van der Waals surface area contributed by atoms with Crippen molar-refractivity contribution < 1.29 is 4.79 Å². The number of nitrogen functional groups attached to an aromatic ring is 1. The van der Waals surface area contributed by atoms with Crippen molar-refractivity contribution in [2.24, 2.45) is 5.92 Å². The lowest BCUT2D eigenvalue weighted by atomic mass is 10.0. The zero-order chi connectivity index (χ0) is 13.1. The van der Waals surface area contributed by atoms with Gasteiger partial charge < -0.3 is 10.6 Å². The summed E-state index contributed by atoms with van der Waals surface area (Å²) in [5.41, 5.74) is 6.54. The van der Waals surface area contributed by atoms with Gasteiger partial charge in [0.05, 0.1) is 6.54 Å². The van der Waals surface area contributed by atoms with Crippen LogP contribution in [0.25, 0.3) is 0 Å². The zero-order valence-electron chi connectivity index (χ0n) is 11.0. The smallest absolute Gasteiger partial charge is 0.222 e. The van der Waals surface area contributed by atoms with E-state index in [4.69, 9.17) is 5.73 Å². The van der Waals surface area contributed by atoms with Gasteiger partial charge in [0, 0.05) is 24.7 Å². The summed E-state index contributed by atoms with van der Waals surface area (Å²) in [6.07, 6.45) is 2.65. The Morgan fingerprint density at radius 2 is 2.22 bits per heavy atom. The van der Waals surface area contributed by atoms with Crippen molar-refractivity contribution in [3.63, 3.8) is 0 Å². The van der Waals surface area contributed by atoms with Crippen LogP contribution in [0.15, 0.2) is 6.07 Å². The number of aryl methyl sites for hydroxylation is 1. The van der Waals surface area contributed by atoms with Crippen LogP contribution in [0.1, 0.15) is 37.7 Å². The average Bonchev–Trinajstić information content (AvgIpc) is 2.43. The highest BCUT2D eigenvalue weighted by Crippen LogP contribution is 2.18. The molecule has 1 fully saturated rings. The molecule has 1 saturated heterocycles. The van der Waals surface area contributed by atoms with E-state index in [1.165, 1.54) is 0 Å². The van der Waals surface area contributed by atoms with Crippen molar-refractivity contribution in [3.05, 3.63) is 17.6 Å². The maximum Gasteiger partial charge on any atom is 0.222 e. The summed E-state index contributed by atoms with van der Waals surface area (Å²) in [6, 6.07) is 1.73. The summed E-state index contributed by atoms with van der Waals surface area (Å²) in [7, 11) is 0. The highest BCUT2D eigenvalue weighted by atomic mass is 16.2. The van der Waals surface area contributed by atoms with Crippen molar-refractivity contribution in [2.45, 2.75) is 39.7 Å². The first-order valence-corrected chi connectivity index (χ1v) is 6.42. The first kappa shape index (κ1) is 12.8. The Morgan fingerprint density at radius 1 is 1.44 bits per heavy atom. The quantitative estimate of drug-likeness (QED) is 0.861. The highest BCUT2D eigenvalue weighted by molar-refractivity contribution is 5.76. The Kier molecular flexibility index (Phi) is 3.79. The minimum absolute atomic E-state index is 0.197. The summed E-state index contributed by atoms with van der Waals surface area (Å²) < 4.78 is 0. The molecule has 2 rings (SSSR count). The number of likely N-dealkylation sites (tertiary alicyclic amines) is 1. The highest BCUT2D eigenvalue weighted by Gasteiger charge is 2.21. The van der Waals surface area contributed by atoms with Crippen molar-refractivity contribution in [3.8, 4) is 0 Å². The number of carbonyl (C=O) groups excluding carboxylic acids is 1.